The topological polar surface area (TPSA) is 37.3 Å². The lowest BCUT2D eigenvalue weighted by molar-refractivity contribution is 0.0697. The van der Waals surface area contributed by atoms with Gasteiger partial charge in [-0.2, -0.15) is 0 Å². The molecule has 0 bridgehead atoms. The van der Waals surface area contributed by atoms with Crippen LogP contribution in [0.1, 0.15) is 27.0 Å². The van der Waals surface area contributed by atoms with Gasteiger partial charge in [0.2, 0.25) is 0 Å². The van der Waals surface area contributed by atoms with E-state index in [1.54, 1.807) is 18.2 Å². The van der Waals surface area contributed by atoms with Crippen molar-refractivity contribution in [2.24, 2.45) is 0 Å². The summed E-state index contributed by atoms with van der Waals surface area (Å²) in [5, 5.41) is 8.97. The smallest absolute Gasteiger partial charge is 0.335 e. The number of aromatic carboxylic acids is 1. The predicted octanol–water partition coefficient (Wildman–Crippen LogP) is 4.12. The number of aryl methyl sites for hydroxylation is 3. The van der Waals surface area contributed by atoms with E-state index < -0.39 is 5.97 Å². The fourth-order valence-corrected chi connectivity index (χ4v) is 2.41. The zero-order valence-corrected chi connectivity index (χ0v) is 11.1. The molecule has 0 fully saturated rings. The van der Waals surface area contributed by atoms with Crippen molar-refractivity contribution in [3.63, 3.8) is 0 Å². The van der Waals surface area contributed by atoms with Gasteiger partial charge < -0.3 is 5.11 Å². The molecule has 0 spiro atoms. The second-order valence-corrected chi connectivity index (χ2v) is 4.75. The molecule has 1 N–H and O–H groups in total. The SMILES string of the molecule is Cc1cc(C(=O)O)ccc1-c1c(C)cc(F)cc1C. The average molecular weight is 258 g/mol. The van der Waals surface area contributed by atoms with Crippen LogP contribution in [0, 0.1) is 26.6 Å². The van der Waals surface area contributed by atoms with E-state index >= 15 is 0 Å². The van der Waals surface area contributed by atoms with Crippen LogP contribution in [-0.2, 0) is 0 Å². The van der Waals surface area contributed by atoms with Crippen LogP contribution in [0.3, 0.4) is 0 Å². The number of hydrogen-bond donors (Lipinski definition) is 1. The minimum atomic E-state index is -0.942. The normalized spacial score (nSPS) is 10.5. The molecule has 19 heavy (non-hydrogen) atoms. The summed E-state index contributed by atoms with van der Waals surface area (Å²) in [5.41, 5.74) is 4.75. The molecular formula is C16H15FO2. The van der Waals surface area contributed by atoms with Crippen LogP contribution in [0.5, 0.6) is 0 Å². The molecule has 2 aromatic rings. The maximum atomic E-state index is 13.3. The number of hydrogen-bond acceptors (Lipinski definition) is 1. The Balaban J connectivity index is 2.63. The molecule has 0 atom stereocenters. The van der Waals surface area contributed by atoms with Gasteiger partial charge in [-0.05, 0) is 72.9 Å². The van der Waals surface area contributed by atoms with Gasteiger partial charge in [-0.3, -0.25) is 0 Å². The highest BCUT2D eigenvalue weighted by molar-refractivity contribution is 5.89. The van der Waals surface area contributed by atoms with E-state index in [9.17, 15) is 9.18 Å². The molecule has 0 aliphatic rings. The molecule has 3 heteroatoms. The number of benzene rings is 2. The Labute approximate surface area is 111 Å². The molecule has 0 unspecified atom stereocenters. The van der Waals surface area contributed by atoms with Crippen LogP contribution in [-0.4, -0.2) is 11.1 Å². The average Bonchev–Trinajstić information content (AvgIpc) is 2.29. The zero-order valence-electron chi connectivity index (χ0n) is 11.1. The number of rotatable bonds is 2. The highest BCUT2D eigenvalue weighted by Crippen LogP contribution is 2.31. The molecular weight excluding hydrogens is 243 g/mol. The third-order valence-electron chi connectivity index (χ3n) is 3.24. The van der Waals surface area contributed by atoms with Gasteiger partial charge >= 0.3 is 5.97 Å². The molecule has 2 rings (SSSR count). The summed E-state index contributed by atoms with van der Waals surface area (Å²) in [7, 11) is 0. The number of halogens is 1. The molecule has 2 aromatic carbocycles. The summed E-state index contributed by atoms with van der Waals surface area (Å²) in [6.45, 7) is 5.58. The minimum Gasteiger partial charge on any atom is -0.478 e. The molecule has 0 aliphatic heterocycles. The Bertz CT molecular complexity index is 637. The van der Waals surface area contributed by atoms with E-state index in [0.717, 1.165) is 27.8 Å². The Kier molecular flexibility index (Phi) is 3.38. The molecule has 0 saturated carbocycles. The van der Waals surface area contributed by atoms with E-state index in [0.29, 0.717) is 0 Å². The molecule has 0 amide bonds. The van der Waals surface area contributed by atoms with Crippen molar-refractivity contribution in [3.8, 4) is 11.1 Å². The molecule has 98 valence electrons. The number of carbonyl (C=O) groups is 1. The Morgan fingerprint density at radius 2 is 1.58 bits per heavy atom. The Morgan fingerprint density at radius 3 is 2.05 bits per heavy atom. The first kappa shape index (κ1) is 13.3. The van der Waals surface area contributed by atoms with E-state index in [1.165, 1.54) is 12.1 Å². The minimum absolute atomic E-state index is 0.251. The van der Waals surface area contributed by atoms with E-state index in [1.807, 2.05) is 20.8 Å². The molecule has 0 aliphatic carbocycles. The van der Waals surface area contributed by atoms with Gasteiger partial charge in [0, 0.05) is 0 Å². The monoisotopic (exact) mass is 258 g/mol. The van der Waals surface area contributed by atoms with Crippen LogP contribution in [0.15, 0.2) is 30.3 Å². The van der Waals surface area contributed by atoms with Crippen molar-refractivity contribution in [3.05, 3.63) is 58.4 Å². The summed E-state index contributed by atoms with van der Waals surface area (Å²) < 4.78 is 13.3. The first-order valence-corrected chi connectivity index (χ1v) is 6.01. The summed E-state index contributed by atoms with van der Waals surface area (Å²) in [6.07, 6.45) is 0. The van der Waals surface area contributed by atoms with Gasteiger partial charge in [-0.1, -0.05) is 6.07 Å². The van der Waals surface area contributed by atoms with Crippen molar-refractivity contribution < 1.29 is 14.3 Å². The fraction of sp³-hybridized carbons (Fsp3) is 0.188. The van der Waals surface area contributed by atoms with Crippen LogP contribution in [0.4, 0.5) is 4.39 Å². The summed E-state index contributed by atoms with van der Waals surface area (Å²) in [6, 6.07) is 7.98. The predicted molar refractivity (Wildman–Crippen MR) is 73.0 cm³/mol. The standard InChI is InChI=1S/C16H15FO2/c1-9-6-12(16(18)19)4-5-14(9)15-10(2)7-13(17)8-11(15)3/h4-8H,1-3H3,(H,18,19). The zero-order chi connectivity index (χ0) is 14.2. The van der Waals surface area contributed by atoms with Crippen LogP contribution < -0.4 is 0 Å². The van der Waals surface area contributed by atoms with Gasteiger partial charge in [0.05, 0.1) is 5.56 Å². The maximum Gasteiger partial charge on any atom is 0.335 e. The Morgan fingerprint density at radius 1 is 1.00 bits per heavy atom. The van der Waals surface area contributed by atoms with Gasteiger partial charge in [0.25, 0.3) is 0 Å². The maximum absolute atomic E-state index is 13.3. The first-order chi connectivity index (χ1) is 8.90. The van der Waals surface area contributed by atoms with Gasteiger partial charge in [0.1, 0.15) is 5.82 Å². The molecule has 0 aromatic heterocycles. The second kappa shape index (κ2) is 4.84. The van der Waals surface area contributed by atoms with Crippen molar-refractivity contribution >= 4 is 5.97 Å². The summed E-state index contributed by atoms with van der Waals surface area (Å²) >= 11 is 0. The van der Waals surface area contributed by atoms with Crippen molar-refractivity contribution in [1.82, 2.24) is 0 Å². The highest BCUT2D eigenvalue weighted by Gasteiger charge is 2.12. The lowest BCUT2D eigenvalue weighted by Crippen LogP contribution is -1.98. The second-order valence-electron chi connectivity index (χ2n) is 4.75. The molecule has 0 radical (unpaired) electrons. The summed E-state index contributed by atoms with van der Waals surface area (Å²) in [5.74, 6) is -1.19. The van der Waals surface area contributed by atoms with E-state index in [4.69, 9.17) is 5.11 Å². The largest absolute Gasteiger partial charge is 0.478 e. The van der Waals surface area contributed by atoms with Crippen LogP contribution in [0.2, 0.25) is 0 Å². The third-order valence-corrected chi connectivity index (χ3v) is 3.24. The molecule has 0 heterocycles. The summed E-state index contributed by atoms with van der Waals surface area (Å²) in [4.78, 5) is 10.9. The molecule has 0 saturated heterocycles. The van der Waals surface area contributed by atoms with Gasteiger partial charge in [-0.25, -0.2) is 9.18 Å². The first-order valence-electron chi connectivity index (χ1n) is 6.01. The van der Waals surface area contributed by atoms with Crippen LogP contribution >= 0.6 is 0 Å². The number of carboxylic acid groups (broad SMARTS) is 1. The fourth-order valence-electron chi connectivity index (χ4n) is 2.41. The van der Waals surface area contributed by atoms with Gasteiger partial charge in [0.15, 0.2) is 0 Å². The van der Waals surface area contributed by atoms with Crippen molar-refractivity contribution in [2.75, 3.05) is 0 Å². The van der Waals surface area contributed by atoms with E-state index in [2.05, 4.69) is 0 Å². The Hall–Kier alpha value is -2.16. The lowest BCUT2D eigenvalue weighted by Gasteiger charge is -2.13. The van der Waals surface area contributed by atoms with Gasteiger partial charge in [-0.15, -0.1) is 0 Å². The van der Waals surface area contributed by atoms with Crippen molar-refractivity contribution in [2.45, 2.75) is 20.8 Å². The highest BCUT2D eigenvalue weighted by atomic mass is 19.1. The third kappa shape index (κ3) is 2.50. The molecule has 2 nitrogen and oxygen atoms in total. The van der Waals surface area contributed by atoms with E-state index in [-0.39, 0.29) is 11.4 Å². The lowest BCUT2D eigenvalue weighted by atomic mass is 9.91. The van der Waals surface area contributed by atoms with Crippen LogP contribution in [0.25, 0.3) is 11.1 Å². The quantitative estimate of drug-likeness (QED) is 0.879. The van der Waals surface area contributed by atoms with Crippen molar-refractivity contribution in [1.29, 1.82) is 0 Å². The number of carboxylic acids is 1.